The van der Waals surface area contributed by atoms with Crippen LogP contribution >= 0.6 is 11.6 Å². The van der Waals surface area contributed by atoms with Gasteiger partial charge in [0, 0.05) is 19.1 Å². The second-order valence-electron chi connectivity index (χ2n) is 5.00. The first-order valence-electron chi connectivity index (χ1n) is 6.49. The molecule has 1 N–H and O–H groups in total. The number of nitrogens with zero attached hydrogens (tertiary/aromatic N) is 1. The number of sulfonamides is 1. The molecule has 20 heavy (non-hydrogen) atoms. The molecule has 2 rings (SSSR count). The fourth-order valence-electron chi connectivity index (χ4n) is 2.35. The summed E-state index contributed by atoms with van der Waals surface area (Å²) in [6.07, 6.45) is 1.51. The minimum absolute atomic E-state index is 0.0130. The van der Waals surface area contributed by atoms with Crippen molar-refractivity contribution in [2.45, 2.75) is 30.7 Å². The van der Waals surface area contributed by atoms with E-state index in [1.807, 2.05) is 7.05 Å². The van der Waals surface area contributed by atoms with Crippen LogP contribution in [0.5, 0.6) is 0 Å². The molecule has 0 saturated carbocycles. The summed E-state index contributed by atoms with van der Waals surface area (Å²) in [6.45, 7) is 2.42. The van der Waals surface area contributed by atoms with Crippen molar-refractivity contribution in [3.05, 3.63) is 28.5 Å². The lowest BCUT2D eigenvalue weighted by Crippen LogP contribution is -2.43. The highest BCUT2D eigenvalue weighted by atomic mass is 35.5. The monoisotopic (exact) mass is 320 g/mol. The Bertz CT molecular complexity index is 599. The third-order valence-corrected chi connectivity index (χ3v) is 6.06. The van der Waals surface area contributed by atoms with Crippen molar-refractivity contribution in [3.8, 4) is 0 Å². The highest BCUT2D eigenvalue weighted by Gasteiger charge is 2.30. The van der Waals surface area contributed by atoms with Crippen LogP contribution in [0.1, 0.15) is 18.4 Å². The molecule has 0 aromatic heterocycles. The molecule has 7 heteroatoms. The Kier molecular flexibility index (Phi) is 4.69. The van der Waals surface area contributed by atoms with Crippen LogP contribution in [-0.2, 0) is 10.0 Å². The maximum Gasteiger partial charge on any atom is 0.244 e. The normalized spacial score (nSPS) is 18.4. The standard InChI is InChI=1S/C13H18ClFN2O2S/c1-9-7-13(11(14)8-12(9)15)20(18,19)17-5-3-10(16-2)4-6-17/h7-8,10,16H,3-6H2,1-2H3. The van der Waals surface area contributed by atoms with Gasteiger partial charge in [0.2, 0.25) is 10.0 Å². The van der Waals surface area contributed by atoms with E-state index in [9.17, 15) is 12.8 Å². The Morgan fingerprint density at radius 2 is 1.95 bits per heavy atom. The van der Waals surface area contributed by atoms with Gasteiger partial charge in [0.05, 0.1) is 5.02 Å². The number of piperidine rings is 1. The molecule has 1 fully saturated rings. The molecule has 0 bridgehead atoms. The van der Waals surface area contributed by atoms with Gasteiger partial charge >= 0.3 is 0 Å². The van der Waals surface area contributed by atoms with Gasteiger partial charge in [-0.05, 0) is 44.5 Å². The molecule has 0 amide bonds. The van der Waals surface area contributed by atoms with Crippen LogP contribution < -0.4 is 5.32 Å². The van der Waals surface area contributed by atoms with E-state index in [0.717, 1.165) is 18.9 Å². The van der Waals surface area contributed by atoms with Crippen LogP contribution in [0.4, 0.5) is 4.39 Å². The Balaban J connectivity index is 2.30. The Hall–Kier alpha value is -0.690. The van der Waals surface area contributed by atoms with E-state index in [0.29, 0.717) is 19.1 Å². The van der Waals surface area contributed by atoms with Crippen molar-refractivity contribution in [3.63, 3.8) is 0 Å². The predicted octanol–water partition coefficient (Wildman–Crippen LogP) is 2.16. The summed E-state index contributed by atoms with van der Waals surface area (Å²) in [5, 5.41) is 3.08. The summed E-state index contributed by atoms with van der Waals surface area (Å²) < 4.78 is 39.9. The molecular formula is C13H18ClFN2O2S. The van der Waals surface area contributed by atoms with Gasteiger partial charge in [-0.1, -0.05) is 11.6 Å². The van der Waals surface area contributed by atoms with Gasteiger partial charge < -0.3 is 5.32 Å². The lowest BCUT2D eigenvalue weighted by atomic mass is 10.1. The number of hydrogen-bond donors (Lipinski definition) is 1. The maximum atomic E-state index is 13.4. The van der Waals surface area contributed by atoms with Gasteiger partial charge in [0.1, 0.15) is 10.7 Å². The lowest BCUT2D eigenvalue weighted by Gasteiger charge is -2.31. The van der Waals surface area contributed by atoms with Crippen molar-refractivity contribution >= 4 is 21.6 Å². The predicted molar refractivity (Wildman–Crippen MR) is 77.0 cm³/mol. The first-order valence-corrected chi connectivity index (χ1v) is 8.31. The van der Waals surface area contributed by atoms with Crippen LogP contribution in [0.2, 0.25) is 5.02 Å². The molecule has 1 aromatic carbocycles. The molecule has 1 aromatic rings. The summed E-state index contributed by atoms with van der Waals surface area (Å²) >= 11 is 5.90. The smallest absolute Gasteiger partial charge is 0.244 e. The zero-order chi connectivity index (χ0) is 14.9. The number of rotatable bonds is 3. The minimum Gasteiger partial charge on any atom is -0.317 e. The van der Waals surface area contributed by atoms with E-state index in [1.165, 1.54) is 17.3 Å². The molecule has 0 spiro atoms. The van der Waals surface area contributed by atoms with Crippen molar-refractivity contribution in [2.24, 2.45) is 0 Å². The highest BCUT2D eigenvalue weighted by Crippen LogP contribution is 2.29. The van der Waals surface area contributed by atoms with Gasteiger partial charge in [0.25, 0.3) is 0 Å². The summed E-state index contributed by atoms with van der Waals surface area (Å²) in [5.41, 5.74) is 0.276. The average Bonchev–Trinajstić information content (AvgIpc) is 2.42. The molecule has 0 aliphatic carbocycles. The lowest BCUT2D eigenvalue weighted by molar-refractivity contribution is 0.298. The molecule has 4 nitrogen and oxygen atoms in total. The van der Waals surface area contributed by atoms with E-state index in [-0.39, 0.29) is 15.5 Å². The zero-order valence-corrected chi connectivity index (χ0v) is 13.1. The molecule has 0 radical (unpaired) electrons. The van der Waals surface area contributed by atoms with Crippen LogP contribution in [0.15, 0.2) is 17.0 Å². The maximum absolute atomic E-state index is 13.4. The first kappa shape index (κ1) is 15.7. The zero-order valence-electron chi connectivity index (χ0n) is 11.5. The third kappa shape index (κ3) is 2.98. The molecular weight excluding hydrogens is 303 g/mol. The van der Waals surface area contributed by atoms with Gasteiger partial charge in [-0.2, -0.15) is 4.31 Å². The van der Waals surface area contributed by atoms with Gasteiger partial charge in [-0.3, -0.25) is 0 Å². The van der Waals surface area contributed by atoms with E-state index in [4.69, 9.17) is 11.6 Å². The van der Waals surface area contributed by atoms with Crippen LogP contribution in [0, 0.1) is 12.7 Å². The van der Waals surface area contributed by atoms with Crippen LogP contribution in [0.25, 0.3) is 0 Å². The number of aryl methyl sites for hydroxylation is 1. The van der Waals surface area contributed by atoms with Crippen molar-refractivity contribution in [2.75, 3.05) is 20.1 Å². The van der Waals surface area contributed by atoms with Crippen LogP contribution in [-0.4, -0.2) is 38.9 Å². The molecule has 112 valence electrons. The van der Waals surface area contributed by atoms with Gasteiger partial charge in [0.15, 0.2) is 0 Å². The fourth-order valence-corrected chi connectivity index (χ4v) is 4.40. The summed E-state index contributed by atoms with van der Waals surface area (Å²) in [5.74, 6) is -0.497. The Labute approximate surface area is 124 Å². The average molecular weight is 321 g/mol. The van der Waals surface area contributed by atoms with E-state index in [2.05, 4.69) is 5.32 Å². The Morgan fingerprint density at radius 1 is 1.35 bits per heavy atom. The second kappa shape index (κ2) is 5.97. The number of halogens is 2. The molecule has 0 atom stereocenters. The fraction of sp³-hybridized carbons (Fsp3) is 0.538. The number of nitrogens with one attached hydrogen (secondary N) is 1. The second-order valence-corrected chi connectivity index (χ2v) is 7.31. The summed E-state index contributed by atoms with van der Waals surface area (Å²) in [7, 11) is -1.79. The molecule has 0 unspecified atom stereocenters. The SMILES string of the molecule is CNC1CCN(S(=O)(=O)c2cc(C)c(F)cc2Cl)CC1. The van der Waals surface area contributed by atoms with E-state index < -0.39 is 15.8 Å². The number of benzene rings is 1. The highest BCUT2D eigenvalue weighted by molar-refractivity contribution is 7.89. The van der Waals surface area contributed by atoms with Gasteiger partial charge in [-0.25, -0.2) is 12.8 Å². The molecule has 1 saturated heterocycles. The third-order valence-electron chi connectivity index (χ3n) is 3.69. The van der Waals surface area contributed by atoms with Crippen molar-refractivity contribution < 1.29 is 12.8 Å². The summed E-state index contributed by atoms with van der Waals surface area (Å²) in [4.78, 5) is -0.0130. The Morgan fingerprint density at radius 3 is 2.50 bits per heavy atom. The first-order chi connectivity index (χ1) is 9.36. The molecule has 1 aliphatic heterocycles. The molecule has 1 heterocycles. The van der Waals surface area contributed by atoms with E-state index >= 15 is 0 Å². The van der Waals surface area contributed by atoms with Gasteiger partial charge in [-0.15, -0.1) is 0 Å². The van der Waals surface area contributed by atoms with Crippen molar-refractivity contribution in [1.29, 1.82) is 0 Å². The summed E-state index contributed by atoms with van der Waals surface area (Å²) in [6, 6.07) is 2.70. The largest absolute Gasteiger partial charge is 0.317 e. The minimum atomic E-state index is -3.66. The van der Waals surface area contributed by atoms with Crippen molar-refractivity contribution in [1.82, 2.24) is 9.62 Å². The topological polar surface area (TPSA) is 49.4 Å². The quantitative estimate of drug-likeness (QED) is 0.928. The van der Waals surface area contributed by atoms with Crippen LogP contribution in [0.3, 0.4) is 0 Å². The molecule has 1 aliphatic rings. The van der Waals surface area contributed by atoms with E-state index in [1.54, 1.807) is 0 Å². The number of hydrogen-bond acceptors (Lipinski definition) is 3.